The average Bonchev–Trinajstić information content (AvgIpc) is 2.84. The quantitative estimate of drug-likeness (QED) is 0.402. The Morgan fingerprint density at radius 3 is 1.67 bits per heavy atom. The van der Waals surface area contributed by atoms with Gasteiger partial charge < -0.3 is 20.3 Å². The fourth-order valence-corrected chi connectivity index (χ4v) is 3.62. The Balaban J connectivity index is 0.00000149. The van der Waals surface area contributed by atoms with Crippen LogP contribution in [0.3, 0.4) is 0 Å². The Kier molecular flexibility index (Phi) is 6.95. The molecule has 0 saturated carbocycles. The van der Waals surface area contributed by atoms with Crippen LogP contribution in [0.5, 0.6) is 0 Å². The fraction of sp³-hybridized carbons (Fsp3) is 0. The van der Waals surface area contributed by atoms with Crippen LogP contribution in [0, 0.1) is 0 Å². The number of carboxylic acids is 2. The lowest BCUT2D eigenvalue weighted by Crippen LogP contribution is -2.15. The van der Waals surface area contributed by atoms with Crippen molar-refractivity contribution >= 4 is 41.1 Å². The molecule has 0 aromatic heterocycles. The lowest BCUT2D eigenvalue weighted by Gasteiger charge is -2.16. The lowest BCUT2D eigenvalue weighted by molar-refractivity contribution is -0.0980. The van der Waals surface area contributed by atoms with E-state index in [0.717, 1.165) is 0 Å². The number of hydrogen-bond donors (Lipinski definition) is 3. The molecule has 164 valence electrons. The van der Waals surface area contributed by atoms with Crippen LogP contribution in [-0.4, -0.2) is 34.8 Å². The van der Waals surface area contributed by atoms with E-state index in [1.807, 2.05) is 12.9 Å². The van der Waals surface area contributed by atoms with Gasteiger partial charge >= 0.3 is 11.9 Å². The van der Waals surface area contributed by atoms with Crippen LogP contribution in [0.25, 0.3) is 21.9 Å². The summed E-state index contributed by atoms with van der Waals surface area (Å²) >= 11 is 0. The molecule has 0 spiro atoms. The van der Waals surface area contributed by atoms with Crippen molar-refractivity contribution in [2.45, 2.75) is 0 Å². The van der Waals surface area contributed by atoms with Crippen molar-refractivity contribution in [3.63, 3.8) is 0 Å². The topological polar surface area (TPSA) is 121 Å². The number of hydrogen-bond acceptors (Lipinski definition) is 4. The molecule has 0 bridgehead atoms. The molecule has 0 unspecified atom stereocenters. The van der Waals surface area contributed by atoms with Gasteiger partial charge in [0.15, 0.2) is 0 Å². The molecule has 3 N–H and O–H groups in total. The third kappa shape index (κ3) is 4.62. The molecule has 7 heteroatoms. The maximum absolute atomic E-state index is 13.1. The van der Waals surface area contributed by atoms with Gasteiger partial charge in [-0.1, -0.05) is 54.6 Å². The summed E-state index contributed by atoms with van der Waals surface area (Å²) in [6.07, 6.45) is 0. The summed E-state index contributed by atoms with van der Waals surface area (Å²) in [4.78, 5) is 45.1. The maximum atomic E-state index is 13.1. The zero-order valence-corrected chi connectivity index (χ0v) is 17.3. The predicted octanol–water partition coefficient (Wildman–Crippen LogP) is 4.97. The number of rotatable bonds is 5. The summed E-state index contributed by atoms with van der Waals surface area (Å²) in [5.41, 5.74) is 1.65. The van der Waals surface area contributed by atoms with Gasteiger partial charge in [0.2, 0.25) is 0 Å². The first-order valence-corrected chi connectivity index (χ1v) is 9.74. The van der Waals surface area contributed by atoms with Gasteiger partial charge in [0.25, 0.3) is 5.91 Å². The van der Waals surface area contributed by atoms with Crippen molar-refractivity contribution in [3.05, 3.63) is 102 Å². The van der Waals surface area contributed by atoms with Crippen LogP contribution < -0.4 is 5.32 Å². The number of carbonyl (C=O) groups is 4. The van der Waals surface area contributed by atoms with Gasteiger partial charge in [0, 0.05) is 22.0 Å². The zero-order chi connectivity index (χ0) is 24.0. The van der Waals surface area contributed by atoms with E-state index in [9.17, 15) is 24.6 Å². The first-order chi connectivity index (χ1) is 16.0. The first kappa shape index (κ1) is 22.9. The van der Waals surface area contributed by atoms with Gasteiger partial charge in [-0.25, -0.2) is 9.59 Å². The summed E-state index contributed by atoms with van der Waals surface area (Å²) in [5, 5.41) is 22.6. The zero-order valence-electron chi connectivity index (χ0n) is 17.3. The van der Waals surface area contributed by atoms with Gasteiger partial charge in [-0.2, -0.15) is 0 Å². The van der Waals surface area contributed by atoms with Gasteiger partial charge in [0.1, 0.15) is 6.79 Å². The predicted molar refractivity (Wildman–Crippen MR) is 125 cm³/mol. The summed E-state index contributed by atoms with van der Waals surface area (Å²) in [6.45, 7) is 2.00. The largest absolute Gasteiger partial charge is 0.478 e. The van der Waals surface area contributed by atoms with E-state index >= 15 is 0 Å². The molecule has 1 amide bonds. The molecule has 0 saturated heterocycles. The van der Waals surface area contributed by atoms with Crippen LogP contribution in [-0.2, 0) is 4.79 Å². The highest BCUT2D eigenvalue weighted by Crippen LogP contribution is 2.36. The van der Waals surface area contributed by atoms with Crippen molar-refractivity contribution in [2.24, 2.45) is 0 Å². The second-order valence-corrected chi connectivity index (χ2v) is 6.87. The third-order valence-electron chi connectivity index (χ3n) is 4.98. The number of para-hydroxylation sites is 1. The number of carboxylic acid groups (broad SMARTS) is 2. The smallest absolute Gasteiger partial charge is 0.336 e. The van der Waals surface area contributed by atoms with E-state index < -0.39 is 17.8 Å². The molecular weight excluding hydrogens is 422 g/mol. The van der Waals surface area contributed by atoms with Crippen LogP contribution in [0.1, 0.15) is 31.1 Å². The summed E-state index contributed by atoms with van der Waals surface area (Å²) in [7, 11) is 0. The van der Waals surface area contributed by atoms with E-state index in [1.165, 1.54) is 18.2 Å². The van der Waals surface area contributed by atoms with Gasteiger partial charge in [-0.05, 0) is 41.5 Å². The molecular formula is C26H19NO6. The minimum absolute atomic E-state index is 0.0757. The highest BCUT2D eigenvalue weighted by molar-refractivity contribution is 6.23. The monoisotopic (exact) mass is 441 g/mol. The summed E-state index contributed by atoms with van der Waals surface area (Å²) in [5.74, 6) is -2.98. The highest BCUT2D eigenvalue weighted by atomic mass is 16.4. The van der Waals surface area contributed by atoms with E-state index in [0.29, 0.717) is 16.8 Å². The molecule has 4 rings (SSSR count). The van der Waals surface area contributed by atoms with Crippen molar-refractivity contribution in [1.29, 1.82) is 0 Å². The van der Waals surface area contributed by atoms with Crippen molar-refractivity contribution in [2.75, 3.05) is 5.32 Å². The lowest BCUT2D eigenvalue weighted by atomic mass is 9.88. The average molecular weight is 441 g/mol. The standard InChI is InChI=1S/C25H17NO5.CH2O/c27-23(26-16-9-5-2-6-10-16)18-12-14-19(24(28)29)21-17(15-7-3-1-4-8-15)11-13-20(22(18)21)25(30)31;1-2/h1-14H,(H,26,27)(H,28,29)(H,30,31);1H2. The van der Waals surface area contributed by atoms with Gasteiger partial charge in [-0.3, -0.25) is 4.79 Å². The third-order valence-corrected chi connectivity index (χ3v) is 4.98. The van der Waals surface area contributed by atoms with Gasteiger partial charge in [0.05, 0.1) is 11.1 Å². The SMILES string of the molecule is C=O.O=C(O)c1ccc(-c2ccccc2)c2c(C(=O)O)ccc(C(=O)Nc3ccccc3)c12. The Hall–Kier alpha value is -4.78. The molecule has 4 aromatic rings. The molecule has 0 radical (unpaired) electrons. The Morgan fingerprint density at radius 2 is 1.09 bits per heavy atom. The van der Waals surface area contributed by atoms with Crippen molar-refractivity contribution < 1.29 is 29.4 Å². The van der Waals surface area contributed by atoms with E-state index in [4.69, 9.17) is 4.79 Å². The minimum atomic E-state index is -1.25. The van der Waals surface area contributed by atoms with Crippen LogP contribution in [0.2, 0.25) is 0 Å². The molecule has 0 aliphatic rings. The number of carbonyl (C=O) groups excluding carboxylic acids is 2. The number of aromatic carboxylic acids is 2. The molecule has 7 nitrogen and oxygen atoms in total. The van der Waals surface area contributed by atoms with Gasteiger partial charge in [-0.15, -0.1) is 0 Å². The molecule has 0 heterocycles. The molecule has 0 fully saturated rings. The molecule has 0 aliphatic carbocycles. The molecule has 33 heavy (non-hydrogen) atoms. The van der Waals surface area contributed by atoms with E-state index in [-0.39, 0.29) is 27.5 Å². The van der Waals surface area contributed by atoms with Crippen molar-refractivity contribution in [3.8, 4) is 11.1 Å². The summed E-state index contributed by atoms with van der Waals surface area (Å²) in [6, 6.07) is 23.5. The Bertz CT molecular complexity index is 1330. The van der Waals surface area contributed by atoms with E-state index in [2.05, 4.69) is 5.32 Å². The number of amides is 1. The fourth-order valence-electron chi connectivity index (χ4n) is 3.62. The maximum Gasteiger partial charge on any atom is 0.336 e. The minimum Gasteiger partial charge on any atom is -0.478 e. The van der Waals surface area contributed by atoms with Crippen LogP contribution in [0.15, 0.2) is 84.9 Å². The normalized spacial score (nSPS) is 10.1. The molecule has 0 atom stereocenters. The molecule has 0 aliphatic heterocycles. The second-order valence-electron chi connectivity index (χ2n) is 6.87. The second kappa shape index (κ2) is 10.0. The number of nitrogens with one attached hydrogen (secondary N) is 1. The Morgan fingerprint density at radius 1 is 0.606 bits per heavy atom. The highest BCUT2D eigenvalue weighted by Gasteiger charge is 2.24. The van der Waals surface area contributed by atoms with Crippen LogP contribution in [0.4, 0.5) is 5.69 Å². The van der Waals surface area contributed by atoms with Crippen LogP contribution >= 0.6 is 0 Å². The number of anilines is 1. The first-order valence-electron chi connectivity index (χ1n) is 9.74. The van der Waals surface area contributed by atoms with Crippen molar-refractivity contribution in [1.82, 2.24) is 0 Å². The number of benzene rings is 4. The Labute approximate surface area is 188 Å². The summed E-state index contributed by atoms with van der Waals surface area (Å²) < 4.78 is 0. The molecule has 4 aromatic carbocycles. The van der Waals surface area contributed by atoms with E-state index in [1.54, 1.807) is 60.7 Å². The number of fused-ring (bicyclic) bond motifs is 1.